The van der Waals surface area contributed by atoms with E-state index in [0.29, 0.717) is 19.7 Å². The Balaban J connectivity index is 2.02. The number of aryl methyl sites for hydroxylation is 1. The summed E-state index contributed by atoms with van der Waals surface area (Å²) in [6.07, 6.45) is 0.830. The molecule has 1 aliphatic heterocycles. The van der Waals surface area contributed by atoms with Crippen LogP contribution in [0, 0.1) is 6.92 Å². The van der Waals surface area contributed by atoms with E-state index in [0.717, 1.165) is 41.7 Å². The van der Waals surface area contributed by atoms with E-state index in [1.54, 1.807) is 11.8 Å². The first kappa shape index (κ1) is 18.9. The second-order valence-electron chi connectivity index (χ2n) is 6.12. The number of aliphatic hydroxyl groups is 1. The Morgan fingerprint density at radius 3 is 2.88 bits per heavy atom. The average Bonchev–Trinajstić information content (AvgIpc) is 2.99. The van der Waals surface area contributed by atoms with Gasteiger partial charge in [-0.25, -0.2) is 4.99 Å². The Morgan fingerprint density at radius 1 is 1.38 bits per heavy atom. The average molecular weight is 352 g/mol. The van der Waals surface area contributed by atoms with Gasteiger partial charge in [0.1, 0.15) is 5.75 Å². The van der Waals surface area contributed by atoms with E-state index in [1.165, 1.54) is 5.56 Å². The first-order chi connectivity index (χ1) is 11.6. The Hall–Kier alpha value is -1.40. The molecular weight excluding hydrogens is 322 g/mol. The van der Waals surface area contributed by atoms with E-state index in [2.05, 4.69) is 34.7 Å². The lowest BCUT2D eigenvalue weighted by molar-refractivity contribution is 0.0724. The molecule has 0 amide bonds. The van der Waals surface area contributed by atoms with Gasteiger partial charge in [0.05, 0.1) is 18.8 Å². The summed E-state index contributed by atoms with van der Waals surface area (Å²) < 4.78 is 5.71. The summed E-state index contributed by atoms with van der Waals surface area (Å²) in [4.78, 5) is 4.64. The zero-order valence-electron chi connectivity index (χ0n) is 14.9. The largest absolute Gasteiger partial charge is 0.494 e. The molecule has 134 valence electrons. The minimum Gasteiger partial charge on any atom is -0.494 e. The first-order valence-electron chi connectivity index (χ1n) is 8.61. The molecule has 2 rings (SSSR count). The highest BCUT2D eigenvalue weighted by Crippen LogP contribution is 2.27. The van der Waals surface area contributed by atoms with Gasteiger partial charge in [-0.3, -0.25) is 0 Å². The molecular formula is C18H29N3O2S. The lowest BCUT2D eigenvalue weighted by Gasteiger charge is -2.23. The van der Waals surface area contributed by atoms with Gasteiger partial charge in [0.25, 0.3) is 0 Å². The fraction of sp³-hybridized carbons (Fsp3) is 0.611. The topological polar surface area (TPSA) is 65.9 Å². The predicted molar refractivity (Wildman–Crippen MR) is 102 cm³/mol. The number of hydrogen-bond acceptors (Lipinski definition) is 4. The van der Waals surface area contributed by atoms with Crippen LogP contribution in [-0.4, -0.2) is 47.9 Å². The van der Waals surface area contributed by atoms with Crippen LogP contribution in [-0.2, 0) is 6.54 Å². The Kier molecular flexibility index (Phi) is 7.24. The van der Waals surface area contributed by atoms with Crippen LogP contribution in [0.2, 0.25) is 0 Å². The molecule has 0 aromatic heterocycles. The molecule has 0 aliphatic carbocycles. The quantitative estimate of drug-likeness (QED) is 0.520. The van der Waals surface area contributed by atoms with Gasteiger partial charge in [0.2, 0.25) is 0 Å². The molecule has 0 spiro atoms. The van der Waals surface area contributed by atoms with E-state index in [4.69, 9.17) is 4.74 Å². The minimum atomic E-state index is -0.624. The van der Waals surface area contributed by atoms with Crippen LogP contribution in [0.1, 0.15) is 31.4 Å². The van der Waals surface area contributed by atoms with Crippen LogP contribution in [0.15, 0.2) is 23.2 Å². The maximum atomic E-state index is 10.5. The summed E-state index contributed by atoms with van der Waals surface area (Å²) >= 11 is 1.80. The van der Waals surface area contributed by atoms with Crippen LogP contribution in [0.3, 0.4) is 0 Å². The number of thioether (sulfide) groups is 1. The Bertz CT molecular complexity index is 557. The fourth-order valence-corrected chi connectivity index (χ4v) is 3.87. The third-order valence-electron chi connectivity index (χ3n) is 3.94. The van der Waals surface area contributed by atoms with Gasteiger partial charge in [-0.05, 0) is 44.6 Å². The summed E-state index contributed by atoms with van der Waals surface area (Å²) in [6.45, 7) is 8.57. The van der Waals surface area contributed by atoms with Gasteiger partial charge >= 0.3 is 0 Å². The summed E-state index contributed by atoms with van der Waals surface area (Å²) in [5, 5.41) is 17.0. The van der Waals surface area contributed by atoms with Gasteiger partial charge in [-0.15, -0.1) is 0 Å². The summed E-state index contributed by atoms with van der Waals surface area (Å²) in [5.41, 5.74) is 1.62. The van der Waals surface area contributed by atoms with Crippen molar-refractivity contribution >= 4 is 17.7 Å². The highest BCUT2D eigenvalue weighted by atomic mass is 32.2. The lowest BCUT2D eigenvalue weighted by atomic mass is 10.0. The van der Waals surface area contributed by atoms with Crippen molar-refractivity contribution in [3.05, 3.63) is 29.3 Å². The third-order valence-corrected chi connectivity index (χ3v) is 5.18. The summed E-state index contributed by atoms with van der Waals surface area (Å²) in [7, 11) is 0. The molecule has 1 unspecified atom stereocenters. The highest BCUT2D eigenvalue weighted by molar-refractivity contribution is 7.99. The van der Waals surface area contributed by atoms with Crippen molar-refractivity contribution in [2.75, 3.05) is 31.2 Å². The van der Waals surface area contributed by atoms with Gasteiger partial charge < -0.3 is 20.5 Å². The molecule has 5 nitrogen and oxygen atoms in total. The SMILES string of the molecule is CCNC(=NCc1ccc(C)cc1OCC)NCC1(O)CCSC1. The van der Waals surface area contributed by atoms with Crippen molar-refractivity contribution < 1.29 is 9.84 Å². The molecule has 3 N–H and O–H groups in total. The van der Waals surface area contributed by atoms with Crippen LogP contribution in [0.5, 0.6) is 5.75 Å². The highest BCUT2D eigenvalue weighted by Gasteiger charge is 2.31. The number of hydrogen-bond donors (Lipinski definition) is 3. The number of benzene rings is 1. The number of aliphatic imine (C=N–C) groups is 1. The van der Waals surface area contributed by atoms with Gasteiger partial charge in [0.15, 0.2) is 5.96 Å². The van der Waals surface area contributed by atoms with Gasteiger partial charge in [-0.2, -0.15) is 11.8 Å². The van der Waals surface area contributed by atoms with Crippen molar-refractivity contribution in [2.45, 2.75) is 39.3 Å². The zero-order chi connectivity index (χ0) is 17.4. The van der Waals surface area contributed by atoms with E-state index in [-0.39, 0.29) is 0 Å². The molecule has 1 fully saturated rings. The number of guanidine groups is 1. The number of ether oxygens (including phenoxy) is 1. The predicted octanol–water partition coefficient (Wildman–Crippen LogP) is 2.32. The molecule has 0 radical (unpaired) electrons. The van der Waals surface area contributed by atoms with Crippen LogP contribution < -0.4 is 15.4 Å². The minimum absolute atomic E-state index is 0.526. The van der Waals surface area contributed by atoms with Crippen molar-refractivity contribution in [2.24, 2.45) is 4.99 Å². The number of rotatable bonds is 7. The maximum absolute atomic E-state index is 10.5. The number of nitrogens with zero attached hydrogens (tertiary/aromatic N) is 1. The molecule has 0 bridgehead atoms. The summed E-state index contributed by atoms with van der Waals surface area (Å²) in [5.74, 6) is 3.42. The third kappa shape index (κ3) is 5.60. The fourth-order valence-electron chi connectivity index (χ4n) is 2.57. The first-order valence-corrected chi connectivity index (χ1v) is 9.76. The van der Waals surface area contributed by atoms with E-state index in [9.17, 15) is 5.11 Å². The second kappa shape index (κ2) is 9.18. The molecule has 1 aromatic carbocycles. The van der Waals surface area contributed by atoms with E-state index in [1.807, 2.05) is 19.9 Å². The molecule has 1 heterocycles. The summed E-state index contributed by atoms with van der Waals surface area (Å²) in [6, 6.07) is 6.19. The normalized spacial score (nSPS) is 20.9. The van der Waals surface area contributed by atoms with Crippen molar-refractivity contribution in [3.63, 3.8) is 0 Å². The van der Waals surface area contributed by atoms with Gasteiger partial charge in [-0.1, -0.05) is 12.1 Å². The number of nitrogens with one attached hydrogen (secondary N) is 2. The molecule has 6 heteroatoms. The molecule has 24 heavy (non-hydrogen) atoms. The Labute approximate surface area is 149 Å². The molecule has 1 aliphatic rings. The smallest absolute Gasteiger partial charge is 0.191 e. The molecule has 1 saturated heterocycles. The monoisotopic (exact) mass is 351 g/mol. The Morgan fingerprint density at radius 2 is 2.21 bits per heavy atom. The van der Waals surface area contributed by atoms with Crippen LogP contribution in [0.25, 0.3) is 0 Å². The lowest BCUT2D eigenvalue weighted by Crippen LogP contribution is -2.47. The molecule has 1 atom stereocenters. The standard InChI is InChI=1S/C18H29N3O2S/c1-4-19-17(21-12-18(22)8-9-24-13-18)20-11-15-7-6-14(3)10-16(15)23-5-2/h6-7,10,22H,4-5,8-9,11-13H2,1-3H3,(H2,19,20,21). The maximum Gasteiger partial charge on any atom is 0.191 e. The van der Waals surface area contributed by atoms with Gasteiger partial charge in [0, 0.05) is 24.4 Å². The van der Waals surface area contributed by atoms with Crippen LogP contribution >= 0.6 is 11.8 Å². The molecule has 0 saturated carbocycles. The van der Waals surface area contributed by atoms with Crippen molar-refractivity contribution in [1.29, 1.82) is 0 Å². The van der Waals surface area contributed by atoms with E-state index >= 15 is 0 Å². The zero-order valence-corrected chi connectivity index (χ0v) is 15.7. The van der Waals surface area contributed by atoms with E-state index < -0.39 is 5.60 Å². The van der Waals surface area contributed by atoms with Crippen LogP contribution in [0.4, 0.5) is 0 Å². The van der Waals surface area contributed by atoms with Crippen molar-refractivity contribution in [1.82, 2.24) is 10.6 Å². The second-order valence-corrected chi connectivity index (χ2v) is 7.23. The van der Waals surface area contributed by atoms with Crippen molar-refractivity contribution in [3.8, 4) is 5.75 Å². The molecule has 1 aromatic rings.